The summed E-state index contributed by atoms with van der Waals surface area (Å²) in [6.07, 6.45) is 13.1. The van der Waals surface area contributed by atoms with Gasteiger partial charge in [-0.2, -0.15) is 0 Å². The van der Waals surface area contributed by atoms with Crippen LogP contribution in [-0.2, 0) is 47.5 Å². The van der Waals surface area contributed by atoms with Crippen molar-refractivity contribution >= 4 is 7.82 Å². The minimum absolute atomic E-state index is 0.0180. The summed E-state index contributed by atoms with van der Waals surface area (Å²) in [6.45, 7) is 8.22. The van der Waals surface area contributed by atoms with E-state index in [0.717, 1.165) is 57.8 Å². The van der Waals surface area contributed by atoms with Gasteiger partial charge in [-0.15, -0.1) is 0 Å². The summed E-state index contributed by atoms with van der Waals surface area (Å²) in [5.41, 5.74) is 0. The van der Waals surface area contributed by atoms with Gasteiger partial charge in [0.1, 0.15) is 19.8 Å². The van der Waals surface area contributed by atoms with E-state index < -0.39 is 7.82 Å². The van der Waals surface area contributed by atoms with Crippen molar-refractivity contribution in [1.82, 2.24) is 0 Å². The molecule has 0 spiro atoms. The van der Waals surface area contributed by atoms with Crippen molar-refractivity contribution in [3.63, 3.8) is 0 Å². The number of hydrogen-bond acceptors (Lipinski definition) is 10. The van der Waals surface area contributed by atoms with E-state index in [9.17, 15) is 4.57 Å². The molecule has 0 aromatic rings. The van der Waals surface area contributed by atoms with Gasteiger partial charge < -0.3 is 0 Å². The number of unbranched alkanes of at least 4 members (excludes halogenated alkanes) is 9. The minimum atomic E-state index is -3.84. The van der Waals surface area contributed by atoms with Crippen LogP contribution >= 0.6 is 7.82 Å². The number of phosphoric acid groups is 1. The normalized spacial score (nSPS) is 12.0. The van der Waals surface area contributed by atoms with Crippen molar-refractivity contribution in [1.29, 1.82) is 0 Å². The number of hydrogen-bond donors (Lipinski definition) is 0. The first kappa shape index (κ1) is 34.9. The van der Waals surface area contributed by atoms with Gasteiger partial charge in [-0.3, -0.25) is 13.6 Å². The molecular weight excluding hydrogens is 479 g/mol. The smallest absolute Gasteiger partial charge is 0.284 e. The molecule has 0 aromatic heterocycles. The highest BCUT2D eigenvalue weighted by molar-refractivity contribution is 7.48. The molecule has 0 saturated heterocycles. The zero-order valence-corrected chi connectivity index (χ0v) is 23.3. The average Bonchev–Trinajstić information content (AvgIpc) is 2.86. The molecule has 0 heterocycles. The quantitative estimate of drug-likeness (QED) is 0.0430. The predicted octanol–water partition coefficient (Wildman–Crippen LogP) is 6.73. The van der Waals surface area contributed by atoms with Crippen molar-refractivity contribution in [3.05, 3.63) is 0 Å². The summed E-state index contributed by atoms with van der Waals surface area (Å²) in [6, 6.07) is 0. The van der Waals surface area contributed by atoms with E-state index >= 15 is 0 Å². The highest BCUT2D eigenvalue weighted by atomic mass is 31.2. The molecule has 0 atom stereocenters. The molecular formula is C24H51O10P. The zero-order valence-electron chi connectivity index (χ0n) is 22.4. The Morgan fingerprint density at radius 3 is 0.943 bits per heavy atom. The molecule has 0 aliphatic carbocycles. The van der Waals surface area contributed by atoms with Gasteiger partial charge in [0, 0.05) is 0 Å². The van der Waals surface area contributed by atoms with E-state index in [1.807, 2.05) is 0 Å². The first-order valence-corrected chi connectivity index (χ1v) is 14.9. The average molecular weight is 531 g/mol. The van der Waals surface area contributed by atoms with Gasteiger partial charge in [-0.05, 0) is 19.3 Å². The third-order valence-corrected chi connectivity index (χ3v) is 6.24. The lowest BCUT2D eigenvalue weighted by atomic mass is 10.2. The van der Waals surface area contributed by atoms with Crippen LogP contribution in [0.5, 0.6) is 0 Å². The summed E-state index contributed by atoms with van der Waals surface area (Å²) in [5, 5.41) is 0. The summed E-state index contributed by atoms with van der Waals surface area (Å²) in [5.74, 6) is 0. The molecule has 0 bridgehead atoms. The standard InChI is InChI=1S/C24H51O10P/c1-4-7-10-13-16-26-29-19-22-32-35(25,33-23-20-30-27-17-14-11-8-5-2)34-24-21-31-28-18-15-12-9-6-3/h4-24H2,1-3H3. The molecule has 0 aliphatic heterocycles. The highest BCUT2D eigenvalue weighted by Crippen LogP contribution is 2.49. The highest BCUT2D eigenvalue weighted by Gasteiger charge is 2.26. The molecule has 212 valence electrons. The lowest BCUT2D eigenvalue weighted by Crippen LogP contribution is -2.12. The summed E-state index contributed by atoms with van der Waals surface area (Å²) in [7, 11) is -3.84. The van der Waals surface area contributed by atoms with E-state index in [1.54, 1.807) is 0 Å². The van der Waals surface area contributed by atoms with E-state index in [2.05, 4.69) is 20.8 Å². The van der Waals surface area contributed by atoms with Crippen LogP contribution in [0.25, 0.3) is 0 Å². The molecule has 0 rings (SSSR count). The Balaban J connectivity index is 4.06. The molecule has 35 heavy (non-hydrogen) atoms. The van der Waals surface area contributed by atoms with E-state index in [0.29, 0.717) is 19.8 Å². The van der Waals surface area contributed by atoms with Gasteiger partial charge in [0.2, 0.25) is 0 Å². The van der Waals surface area contributed by atoms with E-state index in [4.69, 9.17) is 42.9 Å². The predicted molar refractivity (Wildman–Crippen MR) is 134 cm³/mol. The van der Waals surface area contributed by atoms with Crippen LogP contribution in [-0.4, -0.2) is 59.5 Å². The fraction of sp³-hybridized carbons (Fsp3) is 1.00. The Bertz CT molecular complexity index is 394. The number of rotatable bonds is 30. The largest absolute Gasteiger partial charge is 0.475 e. The SMILES string of the molecule is CCCCCCOOCCOP(=O)(OCCOOCCCCCC)OCCOOCCCCCC. The Morgan fingerprint density at radius 2 is 0.657 bits per heavy atom. The Labute approximate surface area is 212 Å². The van der Waals surface area contributed by atoms with Crippen LogP contribution in [0.1, 0.15) is 97.8 Å². The number of phosphoric ester groups is 1. The second-order valence-corrected chi connectivity index (χ2v) is 9.73. The van der Waals surface area contributed by atoms with Crippen LogP contribution in [0.2, 0.25) is 0 Å². The maximum absolute atomic E-state index is 12.9. The molecule has 0 aliphatic rings. The van der Waals surface area contributed by atoms with Crippen molar-refractivity contribution < 1.29 is 47.5 Å². The molecule has 0 saturated carbocycles. The van der Waals surface area contributed by atoms with E-state index in [-0.39, 0.29) is 39.6 Å². The van der Waals surface area contributed by atoms with Crippen LogP contribution < -0.4 is 0 Å². The Kier molecular flexibility index (Phi) is 28.3. The molecule has 11 heteroatoms. The first-order chi connectivity index (χ1) is 17.2. The minimum Gasteiger partial charge on any atom is -0.284 e. The third-order valence-electron chi connectivity index (χ3n) is 4.74. The van der Waals surface area contributed by atoms with Crippen LogP contribution in [0, 0.1) is 0 Å². The van der Waals surface area contributed by atoms with Gasteiger partial charge in [-0.1, -0.05) is 78.6 Å². The molecule has 0 unspecified atom stereocenters. The second kappa shape index (κ2) is 28.4. The maximum Gasteiger partial charge on any atom is 0.475 e. The van der Waals surface area contributed by atoms with Gasteiger partial charge in [0.05, 0.1) is 39.6 Å². The molecule has 0 radical (unpaired) electrons. The van der Waals surface area contributed by atoms with Crippen molar-refractivity contribution in [2.75, 3.05) is 59.5 Å². The summed E-state index contributed by atoms with van der Waals surface area (Å²) in [4.78, 5) is 30.4. The van der Waals surface area contributed by atoms with E-state index in [1.165, 1.54) is 19.3 Å². The topological polar surface area (TPSA) is 100 Å². The van der Waals surface area contributed by atoms with Crippen LogP contribution in [0.4, 0.5) is 0 Å². The third kappa shape index (κ3) is 26.7. The maximum atomic E-state index is 12.9. The molecule has 0 aromatic carbocycles. The van der Waals surface area contributed by atoms with Crippen molar-refractivity contribution in [2.24, 2.45) is 0 Å². The molecule has 0 fully saturated rings. The van der Waals surface area contributed by atoms with Crippen LogP contribution in [0.15, 0.2) is 0 Å². The van der Waals surface area contributed by atoms with Gasteiger partial charge in [0.15, 0.2) is 0 Å². The molecule has 0 amide bonds. The van der Waals surface area contributed by atoms with Gasteiger partial charge in [-0.25, -0.2) is 33.9 Å². The van der Waals surface area contributed by atoms with Gasteiger partial charge >= 0.3 is 7.82 Å². The molecule has 10 nitrogen and oxygen atoms in total. The van der Waals surface area contributed by atoms with Crippen molar-refractivity contribution in [3.8, 4) is 0 Å². The Morgan fingerprint density at radius 1 is 0.371 bits per heavy atom. The fourth-order valence-corrected chi connectivity index (χ4v) is 3.90. The zero-order chi connectivity index (χ0) is 25.7. The second-order valence-electron chi connectivity index (χ2n) is 8.06. The Hall–Kier alpha value is -0.130. The lowest BCUT2D eigenvalue weighted by molar-refractivity contribution is -0.300. The monoisotopic (exact) mass is 530 g/mol. The summed E-state index contributed by atoms with van der Waals surface area (Å²) < 4.78 is 28.9. The fourth-order valence-electron chi connectivity index (χ4n) is 2.78. The lowest BCUT2D eigenvalue weighted by Gasteiger charge is -2.18. The first-order valence-electron chi connectivity index (χ1n) is 13.4. The molecule has 0 N–H and O–H groups in total. The van der Waals surface area contributed by atoms with Crippen molar-refractivity contribution in [2.45, 2.75) is 97.8 Å². The van der Waals surface area contributed by atoms with Gasteiger partial charge in [0.25, 0.3) is 0 Å². The summed E-state index contributed by atoms with van der Waals surface area (Å²) >= 11 is 0. The van der Waals surface area contributed by atoms with Crippen LogP contribution in [0.3, 0.4) is 0 Å².